The number of methoxy groups -OCH3 is 1. The number of carboxylic acids is 1. The van der Waals surface area contributed by atoms with E-state index < -0.39 is 58.9 Å². The molecule has 0 bridgehead atoms. The number of benzene rings is 1. The SMILES string of the molecule is C=CC1C[C@]1(NC(=O)[C@@H]1CC(Oc2cc(-c3nc(C(C)C)cs3)nc3c(Cl)c(OC)ccc23)CN1C(=O)[C@@H](NC(=O)OC1C[C@@H]2C[C@@H]2C1)C(C)(C)C)C(=O)O. The van der Waals surface area contributed by atoms with Crippen LogP contribution in [0.4, 0.5) is 4.79 Å². The minimum Gasteiger partial charge on any atom is -0.495 e. The van der Waals surface area contributed by atoms with E-state index in [1.54, 1.807) is 18.2 Å². The first kappa shape index (κ1) is 38.8. The fraction of sp³-hybridized carbons (Fsp3) is 0.550. The van der Waals surface area contributed by atoms with Gasteiger partial charge in [-0.25, -0.2) is 19.6 Å². The highest BCUT2D eigenvalue weighted by atomic mass is 35.5. The number of likely N-dealkylation sites (tertiary alicyclic amines) is 1. The quantitative estimate of drug-likeness (QED) is 0.170. The molecule has 3 N–H and O–H groups in total. The molecule has 1 aliphatic heterocycles. The lowest BCUT2D eigenvalue weighted by molar-refractivity contribution is -0.146. The Balaban J connectivity index is 1.21. The fourth-order valence-corrected chi connectivity index (χ4v) is 9.21. The molecule has 0 spiro atoms. The van der Waals surface area contributed by atoms with Crippen molar-refractivity contribution >= 4 is 57.7 Å². The number of carbonyl (C=O) groups excluding carboxylic acids is 3. The molecule has 3 saturated carbocycles. The molecule has 3 aliphatic carbocycles. The predicted octanol–water partition coefficient (Wildman–Crippen LogP) is 6.58. The van der Waals surface area contributed by atoms with Crippen molar-refractivity contribution < 1.29 is 38.5 Å². The molecule has 7 rings (SSSR count). The minimum atomic E-state index is -1.52. The van der Waals surface area contributed by atoms with Gasteiger partial charge >= 0.3 is 12.1 Å². The third-order valence-electron chi connectivity index (χ3n) is 11.4. The van der Waals surface area contributed by atoms with E-state index in [0.29, 0.717) is 44.9 Å². The number of thiazole rings is 1. The number of rotatable bonds is 12. The number of aliphatic carboxylic acids is 1. The number of carbonyl (C=O) groups is 4. The van der Waals surface area contributed by atoms with Crippen molar-refractivity contribution in [3.8, 4) is 22.2 Å². The van der Waals surface area contributed by atoms with Gasteiger partial charge in [0.15, 0.2) is 0 Å². The van der Waals surface area contributed by atoms with Crippen LogP contribution in [0.5, 0.6) is 11.5 Å². The molecule has 15 heteroatoms. The maximum atomic E-state index is 14.6. The standard InChI is InChI=1S/C40H48ClN5O8S/c1-8-22-16-40(22,37(49)50)45-34(47)28-14-24(17-46(28)36(48)33(39(4,5)6)44-38(51)54-23-12-20-11-21(20)13-23)53-30-15-26(35-43-27(18-55-35)19(2)3)42-32-25(30)9-10-29(52-7)31(32)41/h8-10,15,18-24,28,33H,1,11-14,16-17H2,2-7H3,(H,44,51)(H,45,47)(H,49,50)/t20-,21+,22?,23?,24?,28-,33+,40+/m0/s1. The number of amides is 3. The Kier molecular flexibility index (Phi) is 10.3. The van der Waals surface area contributed by atoms with E-state index in [1.807, 2.05) is 26.2 Å². The summed E-state index contributed by atoms with van der Waals surface area (Å²) in [7, 11) is 1.52. The molecule has 3 heterocycles. The van der Waals surface area contributed by atoms with Crippen molar-refractivity contribution in [1.82, 2.24) is 25.5 Å². The molecule has 8 atom stereocenters. The molecule has 294 valence electrons. The molecule has 3 unspecified atom stereocenters. The number of ether oxygens (including phenoxy) is 3. The van der Waals surface area contributed by atoms with Gasteiger partial charge in [-0.1, -0.05) is 52.3 Å². The Morgan fingerprint density at radius 2 is 1.82 bits per heavy atom. The Labute approximate surface area is 329 Å². The summed E-state index contributed by atoms with van der Waals surface area (Å²) in [5.41, 5.74) is -0.432. The topological polar surface area (TPSA) is 169 Å². The fourth-order valence-electron chi connectivity index (χ4n) is 7.99. The molecule has 1 aromatic carbocycles. The molecule has 0 radical (unpaired) electrons. The molecule has 13 nitrogen and oxygen atoms in total. The number of halogens is 1. The molecule has 3 amide bonds. The Hall–Kier alpha value is -4.43. The van der Waals surface area contributed by atoms with Gasteiger partial charge in [0.1, 0.15) is 57.1 Å². The van der Waals surface area contributed by atoms with Crippen LogP contribution in [0.25, 0.3) is 21.6 Å². The maximum absolute atomic E-state index is 14.6. The maximum Gasteiger partial charge on any atom is 0.408 e. The Morgan fingerprint density at radius 3 is 2.42 bits per heavy atom. The smallest absolute Gasteiger partial charge is 0.408 e. The van der Waals surface area contributed by atoms with Crippen LogP contribution in [0.1, 0.15) is 78.3 Å². The van der Waals surface area contributed by atoms with Crippen LogP contribution in [-0.2, 0) is 19.1 Å². The van der Waals surface area contributed by atoms with Crippen LogP contribution in [0, 0.1) is 23.2 Å². The summed E-state index contributed by atoms with van der Waals surface area (Å²) in [6.07, 6.45) is 2.94. The zero-order chi connectivity index (χ0) is 39.6. The molecular weight excluding hydrogens is 746 g/mol. The van der Waals surface area contributed by atoms with Crippen molar-refractivity contribution in [2.75, 3.05) is 13.7 Å². The number of pyridine rings is 1. The van der Waals surface area contributed by atoms with Gasteiger partial charge < -0.3 is 34.9 Å². The second-order valence-electron chi connectivity index (χ2n) is 16.7. The van der Waals surface area contributed by atoms with E-state index >= 15 is 0 Å². The third-order valence-corrected chi connectivity index (χ3v) is 12.7. The zero-order valence-corrected chi connectivity index (χ0v) is 33.5. The van der Waals surface area contributed by atoms with E-state index in [2.05, 4.69) is 31.1 Å². The summed E-state index contributed by atoms with van der Waals surface area (Å²) < 4.78 is 17.9. The van der Waals surface area contributed by atoms with Crippen LogP contribution in [0.3, 0.4) is 0 Å². The first-order chi connectivity index (χ1) is 26.0. The first-order valence-corrected chi connectivity index (χ1v) is 20.0. The van der Waals surface area contributed by atoms with Crippen LogP contribution < -0.4 is 20.1 Å². The average Bonchev–Trinajstić information content (AvgIpc) is 3.77. The predicted molar refractivity (Wildman–Crippen MR) is 207 cm³/mol. The van der Waals surface area contributed by atoms with Gasteiger partial charge in [-0.05, 0) is 61.0 Å². The number of aromatic nitrogens is 2. The summed E-state index contributed by atoms with van der Waals surface area (Å²) in [6, 6.07) is 3.08. The van der Waals surface area contributed by atoms with E-state index in [-0.39, 0.29) is 36.4 Å². The number of nitrogens with zero attached hydrogens (tertiary/aromatic N) is 3. The average molecular weight is 794 g/mol. The Bertz CT molecular complexity index is 2040. The summed E-state index contributed by atoms with van der Waals surface area (Å²) in [5.74, 6) is -0.546. The van der Waals surface area contributed by atoms with E-state index in [4.69, 9.17) is 35.8 Å². The highest BCUT2D eigenvalue weighted by molar-refractivity contribution is 7.13. The number of nitrogens with one attached hydrogen (secondary N) is 2. The first-order valence-electron chi connectivity index (χ1n) is 18.8. The summed E-state index contributed by atoms with van der Waals surface area (Å²) in [4.78, 5) is 65.4. The normalized spacial score (nSPS) is 27.3. The van der Waals surface area contributed by atoms with Gasteiger partial charge in [0.25, 0.3) is 0 Å². The van der Waals surface area contributed by atoms with E-state index in [0.717, 1.165) is 18.5 Å². The van der Waals surface area contributed by atoms with Crippen LogP contribution in [0.2, 0.25) is 5.02 Å². The molecule has 1 saturated heterocycles. The van der Waals surface area contributed by atoms with Crippen molar-refractivity contribution in [3.05, 3.63) is 47.0 Å². The Morgan fingerprint density at radius 1 is 1.09 bits per heavy atom. The van der Waals surface area contributed by atoms with Gasteiger partial charge in [0, 0.05) is 29.2 Å². The highest BCUT2D eigenvalue weighted by Gasteiger charge is 2.61. The largest absolute Gasteiger partial charge is 0.495 e. The zero-order valence-electron chi connectivity index (χ0n) is 31.9. The summed E-state index contributed by atoms with van der Waals surface area (Å²) in [5, 5.41) is 19.2. The number of hydrogen-bond acceptors (Lipinski definition) is 10. The molecule has 4 aliphatic rings. The lowest BCUT2D eigenvalue weighted by atomic mass is 9.85. The van der Waals surface area contributed by atoms with Crippen LogP contribution in [0.15, 0.2) is 36.2 Å². The number of alkyl carbamates (subject to hydrolysis) is 1. The molecule has 4 fully saturated rings. The van der Waals surface area contributed by atoms with Crippen molar-refractivity contribution in [2.24, 2.45) is 23.2 Å². The monoisotopic (exact) mass is 793 g/mol. The van der Waals surface area contributed by atoms with E-state index in [9.17, 15) is 24.3 Å². The van der Waals surface area contributed by atoms with Gasteiger partial charge in [-0.2, -0.15) is 0 Å². The van der Waals surface area contributed by atoms with Gasteiger partial charge in [-0.15, -0.1) is 17.9 Å². The second-order valence-corrected chi connectivity index (χ2v) is 17.9. The molecule has 2 aromatic heterocycles. The van der Waals surface area contributed by atoms with Gasteiger partial charge in [0.05, 0.1) is 24.9 Å². The van der Waals surface area contributed by atoms with Crippen LogP contribution >= 0.6 is 22.9 Å². The molecular formula is C40H48ClN5O8S. The minimum absolute atomic E-state index is 0.0328. The van der Waals surface area contributed by atoms with E-state index in [1.165, 1.54) is 35.8 Å². The van der Waals surface area contributed by atoms with Crippen molar-refractivity contribution in [3.63, 3.8) is 0 Å². The highest BCUT2D eigenvalue weighted by Crippen LogP contribution is 2.52. The van der Waals surface area contributed by atoms with Crippen LogP contribution in [-0.4, -0.2) is 87.3 Å². The third kappa shape index (κ3) is 7.59. The van der Waals surface area contributed by atoms with Gasteiger partial charge in [-0.3, -0.25) is 9.59 Å². The van der Waals surface area contributed by atoms with Crippen molar-refractivity contribution in [1.29, 1.82) is 0 Å². The lowest BCUT2D eigenvalue weighted by Crippen LogP contribution is -2.59. The summed E-state index contributed by atoms with van der Waals surface area (Å²) >= 11 is 8.25. The number of fused-ring (bicyclic) bond motifs is 2. The number of carboxylic acid groups (broad SMARTS) is 1. The van der Waals surface area contributed by atoms with Gasteiger partial charge in [0.2, 0.25) is 11.8 Å². The number of hydrogen-bond donors (Lipinski definition) is 3. The molecule has 3 aromatic rings. The lowest BCUT2D eigenvalue weighted by Gasteiger charge is -2.35. The second kappa shape index (κ2) is 14.6. The molecule has 55 heavy (non-hydrogen) atoms. The summed E-state index contributed by atoms with van der Waals surface area (Å²) in [6.45, 7) is 13.3. The van der Waals surface area contributed by atoms with Crippen molar-refractivity contribution in [2.45, 2.75) is 102 Å².